The van der Waals surface area contributed by atoms with Gasteiger partial charge in [0.1, 0.15) is 0 Å². The highest BCUT2D eigenvalue weighted by molar-refractivity contribution is 9.10. The van der Waals surface area contributed by atoms with E-state index in [0.29, 0.717) is 0 Å². The Hall–Kier alpha value is -0.420. The number of morpholine rings is 1. The number of rotatable bonds is 1. The van der Waals surface area contributed by atoms with Crippen LogP contribution in [0.15, 0.2) is 28.7 Å². The predicted octanol–water partition coefficient (Wildman–Crippen LogP) is 3.83. The summed E-state index contributed by atoms with van der Waals surface area (Å²) in [6.07, 6.45) is 1.11. The molecule has 0 atom stereocenters. The van der Waals surface area contributed by atoms with Gasteiger partial charge in [-0.05, 0) is 28.4 Å². The molecule has 98 valence electrons. The second kappa shape index (κ2) is 7.24. The van der Waals surface area contributed by atoms with Gasteiger partial charge in [0.05, 0.1) is 13.2 Å². The molecule has 2 heterocycles. The summed E-state index contributed by atoms with van der Waals surface area (Å²) in [4.78, 5) is 1.44. The van der Waals surface area contributed by atoms with Gasteiger partial charge in [-0.2, -0.15) is 0 Å². The van der Waals surface area contributed by atoms with Crippen molar-refractivity contribution in [2.75, 3.05) is 26.3 Å². The van der Waals surface area contributed by atoms with Crippen LogP contribution in [0.3, 0.4) is 0 Å². The third-order valence-corrected chi connectivity index (χ3v) is 5.25. The van der Waals surface area contributed by atoms with Gasteiger partial charge in [0.15, 0.2) is 0 Å². The molecule has 1 aliphatic rings. The lowest BCUT2D eigenvalue weighted by Crippen LogP contribution is -2.30. The van der Waals surface area contributed by atoms with Crippen molar-refractivity contribution in [2.24, 2.45) is 0 Å². The number of hydrogen-bond donors (Lipinski definition) is 1. The van der Waals surface area contributed by atoms with Gasteiger partial charge in [-0.3, -0.25) is 0 Å². The summed E-state index contributed by atoms with van der Waals surface area (Å²) in [7, 11) is 0. The molecular formula is C14H18BrNOS. The average Bonchev–Trinajstić information content (AvgIpc) is 2.79. The topological polar surface area (TPSA) is 21.3 Å². The van der Waals surface area contributed by atoms with Gasteiger partial charge >= 0.3 is 0 Å². The summed E-state index contributed by atoms with van der Waals surface area (Å²) in [5, 5.41) is 4.51. The Labute approximate surface area is 120 Å². The SMILES string of the molecule is C1COCCN1.CCc1sc2ccccc2c1Br. The Balaban J connectivity index is 0.000000169. The Morgan fingerprint density at radius 3 is 2.50 bits per heavy atom. The zero-order valence-corrected chi connectivity index (χ0v) is 12.9. The molecule has 4 heteroatoms. The van der Waals surface area contributed by atoms with Gasteiger partial charge in [0.25, 0.3) is 0 Å². The van der Waals surface area contributed by atoms with Gasteiger partial charge in [-0.1, -0.05) is 25.1 Å². The standard InChI is InChI=1S/C10H9BrS.C4H9NO/c1-2-8-10(11)7-5-3-4-6-9(7)12-8;1-3-6-4-2-5-1/h3-6H,2H2,1H3;5H,1-4H2. The number of benzene rings is 1. The number of fused-ring (bicyclic) bond motifs is 1. The van der Waals surface area contributed by atoms with Gasteiger partial charge < -0.3 is 10.1 Å². The molecule has 0 spiro atoms. The van der Waals surface area contributed by atoms with E-state index in [1.54, 1.807) is 0 Å². The van der Waals surface area contributed by atoms with Crippen LogP contribution in [-0.2, 0) is 11.2 Å². The van der Waals surface area contributed by atoms with Gasteiger partial charge in [-0.15, -0.1) is 11.3 Å². The minimum atomic E-state index is 0.889. The van der Waals surface area contributed by atoms with Crippen molar-refractivity contribution >= 4 is 37.4 Å². The van der Waals surface area contributed by atoms with E-state index in [9.17, 15) is 0 Å². The molecule has 0 saturated carbocycles. The van der Waals surface area contributed by atoms with Crippen LogP contribution in [0.4, 0.5) is 0 Å². The summed E-state index contributed by atoms with van der Waals surface area (Å²) in [5.74, 6) is 0. The number of halogens is 1. The van der Waals surface area contributed by atoms with E-state index in [1.807, 2.05) is 11.3 Å². The first-order valence-corrected chi connectivity index (χ1v) is 7.88. The predicted molar refractivity (Wildman–Crippen MR) is 82.6 cm³/mol. The smallest absolute Gasteiger partial charge is 0.0591 e. The number of nitrogens with one attached hydrogen (secondary N) is 1. The van der Waals surface area contributed by atoms with Crippen molar-refractivity contribution in [3.63, 3.8) is 0 Å². The van der Waals surface area contributed by atoms with Gasteiger partial charge in [-0.25, -0.2) is 0 Å². The maximum atomic E-state index is 5.01. The number of thiophene rings is 1. The summed E-state index contributed by atoms with van der Waals surface area (Å²) in [6.45, 7) is 6.02. The van der Waals surface area contributed by atoms with Crippen molar-refractivity contribution in [3.05, 3.63) is 33.6 Å². The van der Waals surface area contributed by atoms with Crippen molar-refractivity contribution in [2.45, 2.75) is 13.3 Å². The highest BCUT2D eigenvalue weighted by atomic mass is 79.9. The Morgan fingerprint density at radius 2 is 2.00 bits per heavy atom. The van der Waals surface area contributed by atoms with E-state index < -0.39 is 0 Å². The van der Waals surface area contributed by atoms with Crippen LogP contribution in [0.2, 0.25) is 0 Å². The molecule has 0 amide bonds. The lowest BCUT2D eigenvalue weighted by molar-refractivity contribution is 0.109. The summed E-state index contributed by atoms with van der Waals surface area (Å²) in [6, 6.07) is 8.50. The molecule has 3 rings (SSSR count). The first kappa shape index (κ1) is 14.0. The first-order valence-electron chi connectivity index (χ1n) is 6.27. The fraction of sp³-hybridized carbons (Fsp3) is 0.429. The molecular weight excluding hydrogens is 310 g/mol. The third kappa shape index (κ3) is 3.54. The quantitative estimate of drug-likeness (QED) is 0.859. The monoisotopic (exact) mass is 327 g/mol. The van der Waals surface area contributed by atoms with E-state index in [2.05, 4.69) is 52.4 Å². The molecule has 1 aromatic carbocycles. The van der Waals surface area contributed by atoms with Crippen molar-refractivity contribution in [1.82, 2.24) is 5.32 Å². The van der Waals surface area contributed by atoms with Crippen molar-refractivity contribution in [3.8, 4) is 0 Å². The first-order chi connectivity index (χ1) is 8.83. The van der Waals surface area contributed by atoms with E-state index in [4.69, 9.17) is 4.74 Å². The van der Waals surface area contributed by atoms with E-state index in [1.165, 1.54) is 19.4 Å². The van der Waals surface area contributed by atoms with E-state index >= 15 is 0 Å². The second-order valence-electron chi connectivity index (χ2n) is 4.05. The fourth-order valence-electron chi connectivity index (χ4n) is 1.81. The molecule has 1 aliphatic heterocycles. The van der Waals surface area contributed by atoms with Crippen LogP contribution in [0.5, 0.6) is 0 Å². The Morgan fingerprint density at radius 1 is 1.28 bits per heavy atom. The molecule has 0 bridgehead atoms. The van der Waals surface area contributed by atoms with Gasteiger partial charge in [0, 0.05) is 32.5 Å². The third-order valence-electron chi connectivity index (χ3n) is 2.77. The van der Waals surface area contributed by atoms with Crippen molar-refractivity contribution < 1.29 is 4.74 Å². The van der Waals surface area contributed by atoms with Crippen LogP contribution in [-0.4, -0.2) is 26.3 Å². The van der Waals surface area contributed by atoms with E-state index in [-0.39, 0.29) is 0 Å². The normalized spacial score (nSPS) is 15.2. The summed E-state index contributed by atoms with van der Waals surface area (Å²) >= 11 is 5.50. The number of ether oxygens (including phenoxy) is 1. The van der Waals surface area contributed by atoms with Crippen LogP contribution in [0, 0.1) is 0 Å². The minimum Gasteiger partial charge on any atom is -0.379 e. The molecule has 1 fully saturated rings. The highest BCUT2D eigenvalue weighted by Gasteiger charge is 2.06. The molecule has 2 nitrogen and oxygen atoms in total. The zero-order valence-electron chi connectivity index (χ0n) is 10.5. The van der Waals surface area contributed by atoms with Crippen LogP contribution in [0.25, 0.3) is 10.1 Å². The van der Waals surface area contributed by atoms with Gasteiger partial charge in [0.2, 0.25) is 0 Å². The fourth-order valence-corrected chi connectivity index (χ4v) is 3.84. The molecule has 0 radical (unpaired) electrons. The molecule has 0 aliphatic carbocycles. The van der Waals surface area contributed by atoms with Crippen LogP contribution < -0.4 is 5.32 Å². The number of hydrogen-bond acceptors (Lipinski definition) is 3. The minimum absolute atomic E-state index is 0.889. The van der Waals surface area contributed by atoms with Crippen LogP contribution in [0.1, 0.15) is 11.8 Å². The van der Waals surface area contributed by atoms with Crippen LogP contribution >= 0.6 is 27.3 Å². The average molecular weight is 328 g/mol. The molecule has 0 unspecified atom stereocenters. The summed E-state index contributed by atoms with van der Waals surface area (Å²) < 4.78 is 7.67. The van der Waals surface area contributed by atoms with Crippen molar-refractivity contribution in [1.29, 1.82) is 0 Å². The summed E-state index contributed by atoms with van der Waals surface area (Å²) in [5.41, 5.74) is 0. The zero-order chi connectivity index (χ0) is 12.8. The molecule has 1 saturated heterocycles. The molecule has 1 aromatic heterocycles. The number of aryl methyl sites for hydroxylation is 1. The maximum Gasteiger partial charge on any atom is 0.0591 e. The maximum absolute atomic E-state index is 5.01. The molecule has 18 heavy (non-hydrogen) atoms. The highest BCUT2D eigenvalue weighted by Crippen LogP contribution is 2.35. The largest absolute Gasteiger partial charge is 0.379 e. The lowest BCUT2D eigenvalue weighted by atomic mass is 10.2. The lowest BCUT2D eigenvalue weighted by Gasteiger charge is -2.10. The Kier molecular flexibility index (Phi) is 5.63. The second-order valence-corrected chi connectivity index (χ2v) is 5.98. The molecule has 2 aromatic rings. The molecule has 1 N–H and O–H groups in total. The Bertz CT molecular complexity index is 482. The van der Waals surface area contributed by atoms with E-state index in [0.717, 1.165) is 32.7 Å².